The summed E-state index contributed by atoms with van der Waals surface area (Å²) in [6.45, 7) is 7.45. The average Bonchev–Trinajstić information content (AvgIpc) is 2.47. The number of hydrogen-bond acceptors (Lipinski definition) is 3. The molecule has 82 valence electrons. The highest BCUT2D eigenvalue weighted by atomic mass is 16.3. The Labute approximate surface area is 86.5 Å². The van der Waals surface area contributed by atoms with Gasteiger partial charge in [-0.15, -0.1) is 0 Å². The van der Waals surface area contributed by atoms with Gasteiger partial charge in [0.25, 0.3) is 0 Å². The molecule has 1 unspecified atom stereocenters. The van der Waals surface area contributed by atoms with Crippen molar-refractivity contribution in [3.05, 3.63) is 0 Å². The van der Waals surface area contributed by atoms with Crippen LogP contribution >= 0.6 is 0 Å². The molecular formula is C11H22N2O. The highest BCUT2D eigenvalue weighted by molar-refractivity contribution is 4.87. The number of nitrogens with zero attached hydrogens (tertiary/aromatic N) is 1. The molecule has 2 heterocycles. The Morgan fingerprint density at radius 2 is 2.14 bits per heavy atom. The van der Waals surface area contributed by atoms with E-state index in [0.29, 0.717) is 0 Å². The maximum atomic E-state index is 9.84. The maximum Gasteiger partial charge on any atom is 0.0758 e. The lowest BCUT2D eigenvalue weighted by atomic mass is 9.98. The molecule has 0 amide bonds. The van der Waals surface area contributed by atoms with E-state index >= 15 is 0 Å². The second-order valence-corrected chi connectivity index (χ2v) is 5.18. The Bertz CT molecular complexity index is 188. The molecule has 0 radical (unpaired) electrons. The summed E-state index contributed by atoms with van der Waals surface area (Å²) in [7, 11) is 0. The van der Waals surface area contributed by atoms with Crippen LogP contribution in [-0.2, 0) is 0 Å². The predicted molar refractivity (Wildman–Crippen MR) is 57.3 cm³/mol. The van der Waals surface area contributed by atoms with E-state index in [4.69, 9.17) is 0 Å². The largest absolute Gasteiger partial charge is 0.389 e. The topological polar surface area (TPSA) is 35.5 Å². The third-order valence-electron chi connectivity index (χ3n) is 3.51. The van der Waals surface area contributed by atoms with Gasteiger partial charge < -0.3 is 15.3 Å². The minimum absolute atomic E-state index is 0.424. The lowest BCUT2D eigenvalue weighted by Crippen LogP contribution is -2.37. The van der Waals surface area contributed by atoms with Crippen molar-refractivity contribution in [3.8, 4) is 0 Å². The first-order valence-corrected chi connectivity index (χ1v) is 5.81. The van der Waals surface area contributed by atoms with Crippen molar-refractivity contribution < 1.29 is 5.11 Å². The van der Waals surface area contributed by atoms with E-state index in [2.05, 4.69) is 10.2 Å². The first-order valence-electron chi connectivity index (χ1n) is 5.81. The molecule has 0 spiro atoms. The third-order valence-corrected chi connectivity index (χ3v) is 3.51. The van der Waals surface area contributed by atoms with Gasteiger partial charge in [0.15, 0.2) is 0 Å². The third kappa shape index (κ3) is 2.69. The zero-order valence-electron chi connectivity index (χ0n) is 9.13. The van der Waals surface area contributed by atoms with Crippen molar-refractivity contribution in [1.29, 1.82) is 0 Å². The molecule has 2 rings (SSSR count). The highest BCUT2D eigenvalue weighted by Gasteiger charge is 2.32. The Morgan fingerprint density at radius 1 is 1.43 bits per heavy atom. The summed E-state index contributed by atoms with van der Waals surface area (Å²) in [5.41, 5.74) is -0.424. The lowest BCUT2D eigenvalue weighted by molar-refractivity contribution is 0.0658. The molecule has 2 aliphatic heterocycles. The van der Waals surface area contributed by atoms with Crippen LogP contribution in [0.1, 0.15) is 26.2 Å². The average molecular weight is 198 g/mol. The van der Waals surface area contributed by atoms with Crippen LogP contribution < -0.4 is 5.32 Å². The molecule has 3 heteroatoms. The van der Waals surface area contributed by atoms with Gasteiger partial charge in [-0.25, -0.2) is 0 Å². The van der Waals surface area contributed by atoms with Gasteiger partial charge in [0.05, 0.1) is 5.60 Å². The van der Waals surface area contributed by atoms with Crippen LogP contribution in [0, 0.1) is 5.92 Å². The Balaban J connectivity index is 1.75. The van der Waals surface area contributed by atoms with Gasteiger partial charge in [0, 0.05) is 19.6 Å². The van der Waals surface area contributed by atoms with Crippen LogP contribution in [0.5, 0.6) is 0 Å². The smallest absolute Gasteiger partial charge is 0.0758 e. The molecule has 0 aromatic carbocycles. The summed E-state index contributed by atoms with van der Waals surface area (Å²) in [6, 6.07) is 0. The van der Waals surface area contributed by atoms with Gasteiger partial charge in [-0.3, -0.25) is 0 Å². The maximum absolute atomic E-state index is 9.84. The van der Waals surface area contributed by atoms with E-state index < -0.39 is 5.60 Å². The summed E-state index contributed by atoms with van der Waals surface area (Å²) in [4.78, 5) is 2.43. The molecular weight excluding hydrogens is 176 g/mol. The number of nitrogens with one attached hydrogen (secondary N) is 1. The lowest BCUT2D eigenvalue weighted by Gasteiger charge is -2.27. The monoisotopic (exact) mass is 198 g/mol. The first-order chi connectivity index (χ1) is 6.66. The molecule has 1 atom stereocenters. The standard InChI is InChI=1S/C11H22N2O/c1-11(14)4-7-13(9-11)8-10-2-5-12-6-3-10/h10,12,14H,2-9H2,1H3. The van der Waals surface area contributed by atoms with Crippen LogP contribution in [0.25, 0.3) is 0 Å². The molecule has 2 aliphatic rings. The van der Waals surface area contributed by atoms with Crippen LogP contribution in [0.15, 0.2) is 0 Å². The summed E-state index contributed by atoms with van der Waals surface area (Å²) in [6.07, 6.45) is 3.55. The quantitative estimate of drug-likeness (QED) is 0.676. The summed E-state index contributed by atoms with van der Waals surface area (Å²) in [5, 5.41) is 13.2. The van der Waals surface area contributed by atoms with Crippen LogP contribution in [0.4, 0.5) is 0 Å². The fourth-order valence-electron chi connectivity index (χ4n) is 2.62. The fraction of sp³-hybridized carbons (Fsp3) is 1.00. The van der Waals surface area contributed by atoms with E-state index in [1.807, 2.05) is 6.92 Å². The number of piperidine rings is 1. The molecule has 14 heavy (non-hydrogen) atoms. The minimum Gasteiger partial charge on any atom is -0.389 e. The Hall–Kier alpha value is -0.120. The number of β-amino-alcohol motifs (C(OH)–C–C–N with tert-alkyl or cyclic N) is 1. The van der Waals surface area contributed by atoms with Crippen molar-refractivity contribution in [1.82, 2.24) is 10.2 Å². The molecule has 2 fully saturated rings. The normalized spacial score (nSPS) is 36.4. The molecule has 3 nitrogen and oxygen atoms in total. The highest BCUT2D eigenvalue weighted by Crippen LogP contribution is 2.23. The predicted octanol–water partition coefficient (Wildman–Crippen LogP) is 0.443. The second kappa shape index (κ2) is 4.17. The molecule has 0 aromatic rings. The zero-order valence-corrected chi connectivity index (χ0v) is 9.13. The van der Waals surface area contributed by atoms with Gasteiger partial charge >= 0.3 is 0 Å². The summed E-state index contributed by atoms with van der Waals surface area (Å²) in [5.74, 6) is 0.852. The second-order valence-electron chi connectivity index (χ2n) is 5.18. The molecule has 2 saturated heterocycles. The van der Waals surface area contributed by atoms with Crippen LogP contribution in [0.2, 0.25) is 0 Å². The van der Waals surface area contributed by atoms with Crippen molar-refractivity contribution in [2.75, 3.05) is 32.7 Å². The van der Waals surface area contributed by atoms with Gasteiger partial charge in [-0.2, -0.15) is 0 Å². The number of aliphatic hydroxyl groups is 1. The molecule has 0 saturated carbocycles. The van der Waals surface area contributed by atoms with Crippen molar-refractivity contribution in [3.63, 3.8) is 0 Å². The molecule has 0 aromatic heterocycles. The molecule has 2 N–H and O–H groups in total. The number of likely N-dealkylation sites (tertiary alicyclic amines) is 1. The summed E-state index contributed by atoms with van der Waals surface area (Å²) < 4.78 is 0. The summed E-state index contributed by atoms with van der Waals surface area (Å²) >= 11 is 0. The van der Waals surface area contributed by atoms with Crippen LogP contribution in [-0.4, -0.2) is 48.3 Å². The van der Waals surface area contributed by atoms with Gasteiger partial charge in [0.2, 0.25) is 0 Å². The minimum atomic E-state index is -0.424. The zero-order chi connectivity index (χ0) is 10.0. The number of rotatable bonds is 2. The number of hydrogen-bond donors (Lipinski definition) is 2. The van der Waals surface area contributed by atoms with Gasteiger partial charge in [-0.1, -0.05) is 0 Å². The Kier molecular flexibility index (Phi) is 3.10. The fourth-order valence-corrected chi connectivity index (χ4v) is 2.62. The van der Waals surface area contributed by atoms with E-state index in [-0.39, 0.29) is 0 Å². The van der Waals surface area contributed by atoms with Crippen molar-refractivity contribution >= 4 is 0 Å². The van der Waals surface area contributed by atoms with E-state index in [0.717, 1.165) is 25.4 Å². The molecule has 0 aliphatic carbocycles. The SMILES string of the molecule is CC1(O)CCN(CC2CCNCC2)C1. The first kappa shape index (κ1) is 10.4. The van der Waals surface area contributed by atoms with Crippen molar-refractivity contribution in [2.24, 2.45) is 5.92 Å². The van der Waals surface area contributed by atoms with Crippen molar-refractivity contribution in [2.45, 2.75) is 31.8 Å². The Morgan fingerprint density at radius 3 is 2.71 bits per heavy atom. The van der Waals surface area contributed by atoms with E-state index in [1.54, 1.807) is 0 Å². The van der Waals surface area contributed by atoms with E-state index in [1.165, 1.54) is 32.5 Å². The van der Waals surface area contributed by atoms with Gasteiger partial charge in [0.1, 0.15) is 0 Å². The van der Waals surface area contributed by atoms with Gasteiger partial charge in [-0.05, 0) is 45.2 Å². The van der Waals surface area contributed by atoms with E-state index in [9.17, 15) is 5.11 Å². The molecule has 0 bridgehead atoms. The van der Waals surface area contributed by atoms with Crippen LogP contribution in [0.3, 0.4) is 0 Å².